The fraction of sp³-hybridized carbons (Fsp3) is 0.636. The molecule has 2 heterocycles. The molecule has 0 bridgehead atoms. The van der Waals surface area contributed by atoms with Crippen LogP contribution in [-0.4, -0.2) is 46.4 Å². The number of aliphatic carboxylic acids is 1. The minimum atomic E-state index is -3.65. The van der Waals surface area contributed by atoms with Gasteiger partial charge in [-0.15, -0.1) is 0 Å². The Morgan fingerprint density at radius 2 is 2.16 bits per heavy atom. The molecular weight excluding hydrogens is 270 g/mol. The highest BCUT2D eigenvalue weighted by Crippen LogP contribution is 2.24. The van der Waals surface area contributed by atoms with Gasteiger partial charge in [-0.1, -0.05) is 6.92 Å². The van der Waals surface area contributed by atoms with E-state index in [1.54, 1.807) is 11.5 Å². The van der Waals surface area contributed by atoms with Crippen LogP contribution in [-0.2, 0) is 21.4 Å². The second-order valence-corrected chi connectivity index (χ2v) is 6.56. The Labute approximate surface area is 111 Å². The lowest BCUT2D eigenvalue weighted by molar-refractivity contribution is -0.145. The predicted molar refractivity (Wildman–Crippen MR) is 67.1 cm³/mol. The van der Waals surface area contributed by atoms with Gasteiger partial charge in [0.25, 0.3) is 10.0 Å². The van der Waals surface area contributed by atoms with E-state index in [1.165, 1.54) is 6.20 Å². The van der Waals surface area contributed by atoms with Crippen LogP contribution in [0.25, 0.3) is 0 Å². The summed E-state index contributed by atoms with van der Waals surface area (Å²) in [6.07, 6.45) is 2.41. The summed E-state index contributed by atoms with van der Waals surface area (Å²) in [6, 6.07) is 0. The Morgan fingerprint density at radius 3 is 2.68 bits per heavy atom. The molecule has 8 heteroatoms. The van der Waals surface area contributed by atoms with Crippen molar-refractivity contribution in [3.63, 3.8) is 0 Å². The number of sulfonamides is 1. The van der Waals surface area contributed by atoms with Crippen molar-refractivity contribution < 1.29 is 18.3 Å². The summed E-state index contributed by atoms with van der Waals surface area (Å²) in [5, 5.41) is 8.77. The van der Waals surface area contributed by atoms with E-state index in [2.05, 4.69) is 4.98 Å². The molecule has 106 valence electrons. The van der Waals surface area contributed by atoms with Crippen molar-refractivity contribution in [3.05, 3.63) is 12.0 Å². The van der Waals surface area contributed by atoms with E-state index < -0.39 is 21.9 Å². The van der Waals surface area contributed by atoms with Crippen LogP contribution in [0.15, 0.2) is 11.2 Å². The number of hydrogen-bond donors (Lipinski definition) is 1. The van der Waals surface area contributed by atoms with Gasteiger partial charge in [0, 0.05) is 25.8 Å². The molecular formula is C11H17N3O4S. The van der Waals surface area contributed by atoms with E-state index in [0.717, 1.165) is 10.7 Å². The van der Waals surface area contributed by atoms with Gasteiger partial charge in [-0.2, -0.15) is 4.31 Å². The largest absolute Gasteiger partial charge is 0.481 e. The normalized spacial score (nSPS) is 17.4. The molecule has 0 amide bonds. The molecule has 0 saturated carbocycles. The molecule has 0 spiro atoms. The maximum absolute atomic E-state index is 12.2. The third kappa shape index (κ3) is 2.50. The highest BCUT2D eigenvalue weighted by molar-refractivity contribution is 7.89. The van der Waals surface area contributed by atoms with Crippen LogP contribution >= 0.6 is 0 Å². The third-order valence-electron chi connectivity index (χ3n) is 3.22. The third-order valence-corrected chi connectivity index (χ3v) is 4.92. The van der Waals surface area contributed by atoms with E-state index in [9.17, 15) is 13.2 Å². The van der Waals surface area contributed by atoms with Crippen molar-refractivity contribution in [2.24, 2.45) is 5.92 Å². The zero-order valence-electron chi connectivity index (χ0n) is 10.9. The number of carboxylic acids is 1. The Hall–Kier alpha value is -1.41. The molecule has 1 aliphatic rings. The van der Waals surface area contributed by atoms with Gasteiger partial charge in [-0.3, -0.25) is 4.79 Å². The van der Waals surface area contributed by atoms with Gasteiger partial charge in [0.15, 0.2) is 5.03 Å². The number of carbonyl (C=O) groups is 1. The summed E-state index contributed by atoms with van der Waals surface area (Å²) in [5.74, 6) is -0.913. The highest BCUT2D eigenvalue weighted by atomic mass is 32.2. The second kappa shape index (κ2) is 4.93. The highest BCUT2D eigenvalue weighted by Gasteiger charge is 2.41. The Morgan fingerprint density at radius 1 is 1.53 bits per heavy atom. The minimum absolute atomic E-state index is 0.00212. The molecule has 1 fully saturated rings. The van der Waals surface area contributed by atoms with Crippen molar-refractivity contribution in [1.29, 1.82) is 0 Å². The van der Waals surface area contributed by atoms with Gasteiger partial charge in [-0.25, -0.2) is 13.4 Å². The molecule has 19 heavy (non-hydrogen) atoms. The maximum Gasteiger partial charge on any atom is 0.309 e. The first-order valence-electron chi connectivity index (χ1n) is 6.13. The average Bonchev–Trinajstić information content (AvgIpc) is 2.58. The molecule has 1 saturated heterocycles. The van der Waals surface area contributed by atoms with Crippen LogP contribution in [0.2, 0.25) is 0 Å². The number of rotatable bonds is 5. The molecule has 0 aliphatic carbocycles. The molecule has 0 radical (unpaired) electrons. The van der Waals surface area contributed by atoms with Crippen molar-refractivity contribution in [2.45, 2.75) is 31.8 Å². The van der Waals surface area contributed by atoms with Crippen LogP contribution in [0, 0.1) is 12.8 Å². The lowest BCUT2D eigenvalue weighted by Gasteiger charge is -2.34. The van der Waals surface area contributed by atoms with E-state index >= 15 is 0 Å². The molecule has 0 aromatic carbocycles. The van der Waals surface area contributed by atoms with Crippen LogP contribution in [0.5, 0.6) is 0 Å². The maximum atomic E-state index is 12.2. The van der Waals surface area contributed by atoms with Crippen LogP contribution in [0.4, 0.5) is 0 Å². The van der Waals surface area contributed by atoms with Gasteiger partial charge in [0.1, 0.15) is 5.82 Å². The summed E-state index contributed by atoms with van der Waals surface area (Å²) in [5.41, 5.74) is 0. The number of aromatic nitrogens is 2. The predicted octanol–water partition coefficient (Wildman–Crippen LogP) is 0.307. The average molecular weight is 287 g/mol. The minimum Gasteiger partial charge on any atom is -0.481 e. The summed E-state index contributed by atoms with van der Waals surface area (Å²) < 4.78 is 27.4. The van der Waals surface area contributed by atoms with Crippen LogP contribution in [0.3, 0.4) is 0 Å². The molecule has 0 atom stereocenters. The Balaban J connectivity index is 2.17. The number of aryl methyl sites for hydroxylation is 2. The van der Waals surface area contributed by atoms with Crippen LogP contribution in [0.1, 0.15) is 19.2 Å². The summed E-state index contributed by atoms with van der Waals surface area (Å²) >= 11 is 0. The first-order chi connectivity index (χ1) is 8.86. The van der Waals surface area contributed by atoms with Crippen molar-refractivity contribution in [1.82, 2.24) is 13.9 Å². The molecule has 2 rings (SSSR count). The molecule has 7 nitrogen and oxygen atoms in total. The van der Waals surface area contributed by atoms with Gasteiger partial charge in [0.05, 0.1) is 5.92 Å². The van der Waals surface area contributed by atoms with Crippen LogP contribution < -0.4 is 0 Å². The van der Waals surface area contributed by atoms with Gasteiger partial charge < -0.3 is 9.67 Å². The Bertz CT molecular complexity index is 587. The van der Waals surface area contributed by atoms with Crippen molar-refractivity contribution >= 4 is 16.0 Å². The van der Waals surface area contributed by atoms with E-state index in [4.69, 9.17) is 5.11 Å². The van der Waals surface area contributed by atoms with Gasteiger partial charge in [0.2, 0.25) is 0 Å². The lowest BCUT2D eigenvalue weighted by Crippen LogP contribution is -2.52. The van der Waals surface area contributed by atoms with Crippen molar-refractivity contribution in [3.8, 4) is 0 Å². The zero-order valence-corrected chi connectivity index (χ0v) is 11.7. The summed E-state index contributed by atoms with van der Waals surface area (Å²) in [7, 11) is -3.65. The van der Waals surface area contributed by atoms with Gasteiger partial charge in [-0.05, 0) is 13.3 Å². The monoisotopic (exact) mass is 287 g/mol. The van der Waals surface area contributed by atoms with E-state index in [-0.39, 0.29) is 18.1 Å². The molecule has 1 N–H and O–H groups in total. The van der Waals surface area contributed by atoms with E-state index in [1.807, 2.05) is 6.92 Å². The zero-order chi connectivity index (χ0) is 14.2. The molecule has 1 aromatic rings. The summed E-state index contributed by atoms with van der Waals surface area (Å²) in [4.78, 5) is 14.8. The number of carboxylic acid groups (broad SMARTS) is 1. The first-order valence-corrected chi connectivity index (χ1v) is 7.57. The van der Waals surface area contributed by atoms with Crippen molar-refractivity contribution in [2.75, 3.05) is 13.1 Å². The van der Waals surface area contributed by atoms with Gasteiger partial charge >= 0.3 is 5.97 Å². The fourth-order valence-electron chi connectivity index (χ4n) is 1.99. The fourth-order valence-corrected chi connectivity index (χ4v) is 3.52. The quantitative estimate of drug-likeness (QED) is 0.841. The summed E-state index contributed by atoms with van der Waals surface area (Å²) in [6.45, 7) is 4.52. The second-order valence-electron chi connectivity index (χ2n) is 4.68. The number of hydrogen-bond acceptors (Lipinski definition) is 4. The smallest absolute Gasteiger partial charge is 0.309 e. The van der Waals surface area contributed by atoms with E-state index in [0.29, 0.717) is 12.4 Å². The topological polar surface area (TPSA) is 92.5 Å². The standard InChI is InChI=1S/C11H17N3O4S/c1-3-4-13-7-10(12-8(13)2)19(17,18)14-5-9(6-14)11(15)16/h7,9H,3-6H2,1-2H3,(H,15,16). The Kier molecular flexibility index (Phi) is 3.64. The number of nitrogens with zero attached hydrogens (tertiary/aromatic N) is 3. The SMILES string of the molecule is CCCn1cc(S(=O)(=O)N2CC(C(=O)O)C2)nc1C. The molecule has 1 aliphatic heterocycles. The molecule has 1 aromatic heterocycles. The molecule has 0 unspecified atom stereocenters. The first kappa shape index (κ1) is 14.0. The number of imidazole rings is 1. The lowest BCUT2D eigenvalue weighted by atomic mass is 10.0.